The quantitative estimate of drug-likeness (QED) is 0.722. The average molecular weight is 202 g/mol. The minimum atomic E-state index is -2.45. The van der Waals surface area contributed by atoms with E-state index in [1.54, 1.807) is 0 Å². The zero-order valence-corrected chi connectivity index (χ0v) is 7.44. The predicted octanol–water partition coefficient (Wildman–Crippen LogP) is 2.28. The van der Waals surface area contributed by atoms with Gasteiger partial charge in [-0.25, -0.2) is 8.78 Å². The van der Waals surface area contributed by atoms with E-state index >= 15 is 0 Å². The van der Waals surface area contributed by atoms with Crippen molar-refractivity contribution in [2.75, 3.05) is 5.32 Å². The molecular weight excluding hydrogens is 194 g/mol. The molecule has 13 heavy (non-hydrogen) atoms. The zero-order chi connectivity index (χ0) is 9.84. The van der Waals surface area contributed by atoms with Crippen LogP contribution in [-0.2, 0) is 0 Å². The summed E-state index contributed by atoms with van der Waals surface area (Å²) >= 11 is 4.58. The average Bonchev–Trinajstić information content (AvgIpc) is 2.04. The minimum absolute atomic E-state index is 0.0199. The molecule has 0 unspecified atom stereocenters. The van der Waals surface area contributed by atoms with Crippen molar-refractivity contribution in [1.29, 1.82) is 0 Å². The van der Waals surface area contributed by atoms with Crippen LogP contribution in [0, 0.1) is 0 Å². The van der Waals surface area contributed by atoms with Gasteiger partial charge in [0.1, 0.15) is 0 Å². The number of rotatable bonds is 2. The van der Waals surface area contributed by atoms with Crippen LogP contribution in [0.2, 0.25) is 0 Å². The van der Waals surface area contributed by atoms with Crippen molar-refractivity contribution < 1.29 is 8.78 Å². The van der Waals surface area contributed by atoms with Gasteiger partial charge < -0.3 is 11.1 Å². The highest BCUT2D eigenvalue weighted by Crippen LogP contribution is 2.20. The van der Waals surface area contributed by atoms with E-state index in [0.717, 1.165) is 0 Å². The lowest BCUT2D eigenvalue weighted by atomic mass is 10.2. The fraction of sp³-hybridized carbons (Fsp3) is 0.125. The first kappa shape index (κ1) is 9.85. The molecule has 0 aliphatic rings. The van der Waals surface area contributed by atoms with Crippen LogP contribution in [0.1, 0.15) is 12.0 Å². The molecule has 1 aromatic carbocycles. The van der Waals surface area contributed by atoms with Crippen molar-refractivity contribution in [3.8, 4) is 0 Å². The van der Waals surface area contributed by atoms with E-state index in [4.69, 9.17) is 5.73 Å². The number of nitrogens with one attached hydrogen (secondary N) is 1. The SMILES string of the molecule is NC(=S)Nc1ccc(C(F)F)cc1. The van der Waals surface area contributed by atoms with Crippen LogP contribution >= 0.6 is 12.2 Å². The van der Waals surface area contributed by atoms with E-state index in [-0.39, 0.29) is 10.7 Å². The lowest BCUT2D eigenvalue weighted by Crippen LogP contribution is -2.18. The Bertz CT molecular complexity index is 298. The Hall–Kier alpha value is -1.23. The second-order valence-corrected chi connectivity index (χ2v) is 2.85. The second-order valence-electron chi connectivity index (χ2n) is 2.41. The summed E-state index contributed by atoms with van der Waals surface area (Å²) in [6.07, 6.45) is -2.45. The molecule has 0 saturated carbocycles. The molecule has 1 aromatic rings. The lowest BCUT2D eigenvalue weighted by Gasteiger charge is -2.04. The molecule has 1 rings (SSSR count). The van der Waals surface area contributed by atoms with Crippen LogP contribution < -0.4 is 11.1 Å². The van der Waals surface area contributed by atoms with Gasteiger partial charge in [0, 0.05) is 11.3 Å². The maximum Gasteiger partial charge on any atom is 0.263 e. The molecule has 2 nitrogen and oxygen atoms in total. The van der Waals surface area contributed by atoms with Gasteiger partial charge in [0.05, 0.1) is 0 Å². The van der Waals surface area contributed by atoms with Crippen LogP contribution in [0.15, 0.2) is 24.3 Å². The summed E-state index contributed by atoms with van der Waals surface area (Å²) in [7, 11) is 0. The maximum atomic E-state index is 12.1. The van der Waals surface area contributed by atoms with Crippen molar-refractivity contribution in [1.82, 2.24) is 0 Å². The molecule has 0 fully saturated rings. The second kappa shape index (κ2) is 4.13. The van der Waals surface area contributed by atoms with Crippen molar-refractivity contribution in [3.05, 3.63) is 29.8 Å². The van der Waals surface area contributed by atoms with E-state index in [0.29, 0.717) is 5.69 Å². The number of thiocarbonyl (C=S) groups is 1. The summed E-state index contributed by atoms with van der Waals surface area (Å²) < 4.78 is 24.2. The standard InChI is InChI=1S/C8H8F2N2S/c9-7(10)5-1-3-6(4-2-5)12-8(11)13/h1-4,7H,(H3,11,12,13). The van der Waals surface area contributed by atoms with Gasteiger partial charge >= 0.3 is 0 Å². The smallest absolute Gasteiger partial charge is 0.263 e. The highest BCUT2D eigenvalue weighted by molar-refractivity contribution is 7.80. The van der Waals surface area contributed by atoms with Crippen LogP contribution in [0.4, 0.5) is 14.5 Å². The number of alkyl halides is 2. The van der Waals surface area contributed by atoms with Gasteiger partial charge in [0.15, 0.2) is 5.11 Å². The summed E-state index contributed by atoms with van der Waals surface area (Å²) in [6.45, 7) is 0. The molecule has 0 amide bonds. The first-order valence-electron chi connectivity index (χ1n) is 3.54. The first-order chi connectivity index (χ1) is 6.09. The van der Waals surface area contributed by atoms with Crippen molar-refractivity contribution in [2.24, 2.45) is 5.73 Å². The van der Waals surface area contributed by atoms with Gasteiger partial charge in [-0.1, -0.05) is 12.1 Å². The van der Waals surface area contributed by atoms with Gasteiger partial charge in [-0.15, -0.1) is 0 Å². The third kappa shape index (κ3) is 2.95. The fourth-order valence-electron chi connectivity index (χ4n) is 0.854. The van der Waals surface area contributed by atoms with Gasteiger partial charge in [0.25, 0.3) is 6.43 Å². The number of anilines is 1. The predicted molar refractivity (Wildman–Crippen MR) is 51.8 cm³/mol. The molecule has 3 N–H and O–H groups in total. The highest BCUT2D eigenvalue weighted by atomic mass is 32.1. The molecule has 70 valence electrons. The van der Waals surface area contributed by atoms with Gasteiger partial charge in [0.2, 0.25) is 0 Å². The summed E-state index contributed by atoms with van der Waals surface area (Å²) in [4.78, 5) is 0. The monoisotopic (exact) mass is 202 g/mol. The van der Waals surface area contributed by atoms with Crippen LogP contribution in [0.3, 0.4) is 0 Å². The van der Waals surface area contributed by atoms with Gasteiger partial charge in [-0.2, -0.15) is 0 Å². The van der Waals surface area contributed by atoms with E-state index in [1.165, 1.54) is 24.3 Å². The number of nitrogens with two attached hydrogens (primary N) is 1. The van der Waals surface area contributed by atoms with Crippen LogP contribution in [0.5, 0.6) is 0 Å². The Morgan fingerprint density at radius 1 is 1.31 bits per heavy atom. The third-order valence-electron chi connectivity index (χ3n) is 1.43. The third-order valence-corrected chi connectivity index (χ3v) is 1.53. The maximum absolute atomic E-state index is 12.1. The normalized spacial score (nSPS) is 10.1. The summed E-state index contributed by atoms with van der Waals surface area (Å²) in [5.74, 6) is 0. The van der Waals surface area contributed by atoms with E-state index in [2.05, 4.69) is 17.5 Å². The number of hydrogen-bond acceptors (Lipinski definition) is 1. The Morgan fingerprint density at radius 2 is 1.85 bits per heavy atom. The molecule has 0 bridgehead atoms. The van der Waals surface area contributed by atoms with E-state index in [1.807, 2.05) is 0 Å². The number of benzene rings is 1. The van der Waals surface area contributed by atoms with Crippen molar-refractivity contribution in [2.45, 2.75) is 6.43 Å². The zero-order valence-electron chi connectivity index (χ0n) is 6.63. The van der Waals surface area contributed by atoms with E-state index < -0.39 is 6.43 Å². The molecule has 0 heterocycles. The molecule has 0 radical (unpaired) electrons. The van der Waals surface area contributed by atoms with E-state index in [9.17, 15) is 8.78 Å². The summed E-state index contributed by atoms with van der Waals surface area (Å²) in [5, 5.41) is 2.75. The summed E-state index contributed by atoms with van der Waals surface area (Å²) in [5.41, 5.74) is 5.78. The first-order valence-corrected chi connectivity index (χ1v) is 3.95. The topological polar surface area (TPSA) is 38.0 Å². The fourth-order valence-corrected chi connectivity index (χ4v) is 0.972. The Morgan fingerprint density at radius 3 is 2.23 bits per heavy atom. The number of hydrogen-bond donors (Lipinski definition) is 2. The molecule has 0 saturated heterocycles. The number of halogens is 2. The van der Waals surface area contributed by atoms with Gasteiger partial charge in [-0.05, 0) is 24.4 Å². The molecular formula is C8H8F2N2S. The molecule has 0 spiro atoms. The molecule has 5 heteroatoms. The Labute approximate surface area is 79.7 Å². The molecule has 0 atom stereocenters. The van der Waals surface area contributed by atoms with Crippen LogP contribution in [0.25, 0.3) is 0 Å². The molecule has 0 aliphatic carbocycles. The Balaban J connectivity index is 2.75. The van der Waals surface area contributed by atoms with Gasteiger partial charge in [-0.3, -0.25) is 0 Å². The van der Waals surface area contributed by atoms with Crippen LogP contribution in [-0.4, -0.2) is 5.11 Å². The Kier molecular flexibility index (Phi) is 3.13. The van der Waals surface area contributed by atoms with Crippen molar-refractivity contribution in [3.63, 3.8) is 0 Å². The lowest BCUT2D eigenvalue weighted by molar-refractivity contribution is 0.151. The minimum Gasteiger partial charge on any atom is -0.376 e. The van der Waals surface area contributed by atoms with Crippen molar-refractivity contribution >= 4 is 23.0 Å². The summed E-state index contributed by atoms with van der Waals surface area (Å²) in [6, 6.07) is 5.65. The highest BCUT2D eigenvalue weighted by Gasteiger charge is 2.05. The largest absolute Gasteiger partial charge is 0.376 e. The molecule has 0 aromatic heterocycles. The molecule has 0 aliphatic heterocycles.